The molecule has 2 heteroatoms. The molecule has 1 nitrogen and oxygen atoms in total. The van der Waals surface area contributed by atoms with Crippen molar-refractivity contribution >= 4 is 25.4 Å². The van der Waals surface area contributed by atoms with Gasteiger partial charge in [0, 0.05) is 11.6 Å². The highest BCUT2D eigenvalue weighted by atomic mass is 31.0. The molecule has 0 radical (unpaired) electrons. The summed E-state index contributed by atoms with van der Waals surface area (Å²) in [5.74, 6) is 0. The summed E-state index contributed by atoms with van der Waals surface area (Å²) in [5, 5.41) is 2.39. The number of pyridine rings is 1. The first-order valence-electron chi connectivity index (χ1n) is 3.46. The van der Waals surface area contributed by atoms with Crippen molar-refractivity contribution in [2.75, 3.05) is 0 Å². The Bertz CT molecular complexity index is 384. The fourth-order valence-electron chi connectivity index (χ4n) is 1.09. The third-order valence-corrected chi connectivity index (χ3v) is 1.99. The Kier molecular flexibility index (Phi) is 1.59. The SMILES string of the molecule is Pc1ccc2ncccc2c1. The van der Waals surface area contributed by atoms with Crippen LogP contribution in [0.4, 0.5) is 0 Å². The quantitative estimate of drug-likeness (QED) is 0.536. The third-order valence-electron chi connectivity index (χ3n) is 1.63. The molecule has 1 unspecified atom stereocenters. The van der Waals surface area contributed by atoms with Crippen molar-refractivity contribution in [3.8, 4) is 0 Å². The highest BCUT2D eigenvalue weighted by molar-refractivity contribution is 7.27. The Morgan fingerprint density at radius 1 is 1.18 bits per heavy atom. The largest absolute Gasteiger partial charge is 0.256 e. The first-order valence-corrected chi connectivity index (χ1v) is 4.04. The molecule has 0 fully saturated rings. The van der Waals surface area contributed by atoms with E-state index in [0.717, 1.165) is 5.52 Å². The van der Waals surface area contributed by atoms with Gasteiger partial charge in [-0.25, -0.2) is 0 Å². The molecule has 2 aromatic rings. The highest BCUT2D eigenvalue weighted by Crippen LogP contribution is 2.08. The van der Waals surface area contributed by atoms with Gasteiger partial charge in [-0.1, -0.05) is 12.1 Å². The van der Waals surface area contributed by atoms with Crippen LogP contribution in [-0.2, 0) is 0 Å². The van der Waals surface area contributed by atoms with E-state index >= 15 is 0 Å². The normalized spacial score (nSPS) is 10.3. The van der Waals surface area contributed by atoms with Crippen molar-refractivity contribution in [1.29, 1.82) is 0 Å². The van der Waals surface area contributed by atoms with E-state index in [4.69, 9.17) is 0 Å². The summed E-state index contributed by atoms with van der Waals surface area (Å²) in [4.78, 5) is 4.21. The average Bonchev–Trinajstić information content (AvgIpc) is 2.04. The van der Waals surface area contributed by atoms with Gasteiger partial charge in [0.05, 0.1) is 5.52 Å². The second-order valence-corrected chi connectivity index (χ2v) is 3.12. The van der Waals surface area contributed by atoms with Gasteiger partial charge >= 0.3 is 0 Å². The minimum atomic E-state index is 1.05. The molecule has 2 rings (SSSR count). The number of rotatable bonds is 0. The van der Waals surface area contributed by atoms with Crippen molar-refractivity contribution in [2.45, 2.75) is 0 Å². The van der Waals surface area contributed by atoms with Gasteiger partial charge in [0.2, 0.25) is 0 Å². The molecule has 1 atom stereocenters. The Labute approximate surface area is 67.7 Å². The number of benzene rings is 1. The minimum absolute atomic E-state index is 1.05. The van der Waals surface area contributed by atoms with E-state index in [1.54, 1.807) is 0 Å². The molecule has 0 aliphatic heterocycles. The number of fused-ring (bicyclic) bond motifs is 1. The predicted octanol–water partition coefficient (Wildman–Crippen LogP) is 1.74. The molecule has 1 aromatic carbocycles. The molecule has 1 heterocycles. The van der Waals surface area contributed by atoms with Crippen molar-refractivity contribution in [1.82, 2.24) is 4.98 Å². The summed E-state index contributed by atoms with van der Waals surface area (Å²) >= 11 is 0. The average molecular weight is 161 g/mol. The Morgan fingerprint density at radius 3 is 3.00 bits per heavy atom. The van der Waals surface area contributed by atoms with Crippen LogP contribution in [0, 0.1) is 0 Å². The number of nitrogens with zero attached hydrogens (tertiary/aromatic N) is 1. The zero-order valence-corrected chi connectivity index (χ0v) is 7.14. The second-order valence-electron chi connectivity index (χ2n) is 2.46. The second kappa shape index (κ2) is 2.60. The summed E-state index contributed by atoms with van der Waals surface area (Å²) in [6.45, 7) is 0. The fraction of sp³-hybridized carbons (Fsp3) is 0. The zero-order chi connectivity index (χ0) is 7.68. The van der Waals surface area contributed by atoms with Gasteiger partial charge in [-0.05, 0) is 23.5 Å². The van der Waals surface area contributed by atoms with Crippen LogP contribution in [0.15, 0.2) is 36.5 Å². The number of aromatic nitrogens is 1. The molecule has 0 saturated heterocycles. The van der Waals surface area contributed by atoms with Crippen LogP contribution in [0.1, 0.15) is 0 Å². The molecule has 0 saturated carbocycles. The Balaban J connectivity index is 2.83. The molecule has 54 valence electrons. The van der Waals surface area contributed by atoms with Gasteiger partial charge in [-0.3, -0.25) is 4.98 Å². The van der Waals surface area contributed by atoms with E-state index in [1.165, 1.54) is 10.7 Å². The third kappa shape index (κ3) is 1.24. The van der Waals surface area contributed by atoms with E-state index < -0.39 is 0 Å². The van der Waals surface area contributed by atoms with Crippen molar-refractivity contribution in [3.63, 3.8) is 0 Å². The summed E-state index contributed by atoms with van der Waals surface area (Å²) in [5.41, 5.74) is 1.05. The van der Waals surface area contributed by atoms with Crippen LogP contribution >= 0.6 is 9.24 Å². The summed E-state index contributed by atoms with van der Waals surface area (Å²) in [6.07, 6.45) is 1.81. The first-order chi connectivity index (χ1) is 5.36. The number of hydrogen-bond acceptors (Lipinski definition) is 1. The minimum Gasteiger partial charge on any atom is -0.256 e. The monoisotopic (exact) mass is 161 g/mol. The van der Waals surface area contributed by atoms with Gasteiger partial charge in [0.15, 0.2) is 0 Å². The van der Waals surface area contributed by atoms with Crippen LogP contribution in [0.5, 0.6) is 0 Å². The van der Waals surface area contributed by atoms with Gasteiger partial charge in [0.25, 0.3) is 0 Å². The van der Waals surface area contributed by atoms with Crippen LogP contribution < -0.4 is 5.30 Å². The van der Waals surface area contributed by atoms with Crippen molar-refractivity contribution < 1.29 is 0 Å². The molecule has 1 aromatic heterocycles. The molecule has 11 heavy (non-hydrogen) atoms. The maximum Gasteiger partial charge on any atom is 0.0702 e. The predicted molar refractivity (Wildman–Crippen MR) is 51.1 cm³/mol. The molecular formula is C9H8NP. The first kappa shape index (κ1) is 6.75. The molecule has 0 spiro atoms. The van der Waals surface area contributed by atoms with Gasteiger partial charge in [-0.15, -0.1) is 9.24 Å². The molecule has 0 bridgehead atoms. The summed E-state index contributed by atoms with van der Waals surface area (Å²) < 4.78 is 0. The van der Waals surface area contributed by atoms with Crippen LogP contribution in [0.25, 0.3) is 10.9 Å². The van der Waals surface area contributed by atoms with Crippen molar-refractivity contribution in [2.24, 2.45) is 0 Å². The van der Waals surface area contributed by atoms with Crippen LogP contribution in [0.3, 0.4) is 0 Å². The van der Waals surface area contributed by atoms with E-state index in [2.05, 4.69) is 26.4 Å². The lowest BCUT2D eigenvalue weighted by molar-refractivity contribution is 1.42. The van der Waals surface area contributed by atoms with Gasteiger partial charge in [-0.2, -0.15) is 0 Å². The standard InChI is InChI=1S/C9H8NP/c11-8-3-4-9-7(6-8)2-1-5-10-9/h1-6H,11H2. The van der Waals surface area contributed by atoms with Gasteiger partial charge < -0.3 is 0 Å². The molecule has 0 amide bonds. The maximum absolute atomic E-state index is 4.21. The van der Waals surface area contributed by atoms with Crippen LogP contribution in [0.2, 0.25) is 0 Å². The summed E-state index contributed by atoms with van der Waals surface area (Å²) in [6, 6.07) is 10.2. The fourth-order valence-corrected chi connectivity index (χ4v) is 1.37. The molecule has 0 aliphatic carbocycles. The Morgan fingerprint density at radius 2 is 2.09 bits per heavy atom. The topological polar surface area (TPSA) is 12.9 Å². The molecule has 0 N–H and O–H groups in total. The number of hydrogen-bond donors (Lipinski definition) is 0. The van der Waals surface area contributed by atoms with E-state index in [0.29, 0.717) is 0 Å². The van der Waals surface area contributed by atoms with E-state index in [9.17, 15) is 0 Å². The van der Waals surface area contributed by atoms with E-state index in [1.807, 2.05) is 24.4 Å². The smallest absolute Gasteiger partial charge is 0.0702 e. The highest BCUT2D eigenvalue weighted by Gasteiger charge is 1.90. The van der Waals surface area contributed by atoms with Crippen LogP contribution in [-0.4, -0.2) is 4.98 Å². The molecular weight excluding hydrogens is 153 g/mol. The lowest BCUT2D eigenvalue weighted by Crippen LogP contribution is -1.88. The summed E-state index contributed by atoms with van der Waals surface area (Å²) in [7, 11) is 2.67. The maximum atomic E-state index is 4.21. The zero-order valence-electron chi connectivity index (χ0n) is 5.99. The Hall–Kier alpha value is -0.940. The lowest BCUT2D eigenvalue weighted by atomic mass is 10.2. The van der Waals surface area contributed by atoms with Crippen molar-refractivity contribution in [3.05, 3.63) is 36.5 Å². The molecule has 0 aliphatic rings. The van der Waals surface area contributed by atoms with Gasteiger partial charge in [0.1, 0.15) is 0 Å². The van der Waals surface area contributed by atoms with E-state index in [-0.39, 0.29) is 0 Å². The lowest BCUT2D eigenvalue weighted by Gasteiger charge is -1.95.